The molecular weight excluding hydrogens is 421 g/mol. The molecule has 0 N–H and O–H groups in total. The highest BCUT2D eigenvalue weighted by Gasteiger charge is 2.30. The molecule has 0 aliphatic rings. The zero-order valence-electron chi connectivity index (χ0n) is 17.5. The molecule has 3 aromatic heterocycles. The first-order valence-corrected chi connectivity index (χ1v) is 9.57. The molecule has 4 rings (SSSR count). The van der Waals surface area contributed by atoms with Gasteiger partial charge in [-0.15, -0.1) is 0 Å². The number of carbonyl (C=O) groups excluding carboxylic acids is 1. The lowest BCUT2D eigenvalue weighted by atomic mass is 10.1. The smallest absolute Gasteiger partial charge is 0.363 e. The highest BCUT2D eigenvalue weighted by molar-refractivity contribution is 6.04. The number of halogens is 3. The van der Waals surface area contributed by atoms with Crippen LogP contribution in [-0.2, 0) is 6.18 Å². The van der Waals surface area contributed by atoms with Gasteiger partial charge in [-0.1, -0.05) is 12.1 Å². The Kier molecular flexibility index (Phi) is 5.29. The maximum Gasteiger partial charge on any atom is 0.416 e. The molecule has 3 heterocycles. The molecule has 0 aliphatic carbocycles. The van der Waals surface area contributed by atoms with Crippen molar-refractivity contribution < 1.29 is 18.0 Å². The van der Waals surface area contributed by atoms with Crippen LogP contribution in [0.15, 0.2) is 61.2 Å². The SMILES string of the molecule is CN(C)c1ccc(N(C)C(=O)c2cn3c(-c4ccc(C(F)(F)F)cc4)cnc3cn2)cn1. The highest BCUT2D eigenvalue weighted by Crippen LogP contribution is 2.31. The molecule has 164 valence electrons. The molecule has 0 bridgehead atoms. The summed E-state index contributed by atoms with van der Waals surface area (Å²) in [7, 11) is 5.36. The van der Waals surface area contributed by atoms with E-state index >= 15 is 0 Å². The number of benzene rings is 1. The van der Waals surface area contributed by atoms with Crippen LogP contribution in [0.2, 0.25) is 0 Å². The summed E-state index contributed by atoms with van der Waals surface area (Å²) in [5.41, 5.74) is 1.56. The van der Waals surface area contributed by atoms with Crippen molar-refractivity contribution in [3.05, 3.63) is 72.4 Å². The summed E-state index contributed by atoms with van der Waals surface area (Å²) in [4.78, 5) is 29.0. The number of rotatable bonds is 4. The van der Waals surface area contributed by atoms with E-state index in [0.717, 1.165) is 18.0 Å². The van der Waals surface area contributed by atoms with Crippen LogP contribution < -0.4 is 9.80 Å². The molecule has 0 saturated carbocycles. The second-order valence-corrected chi connectivity index (χ2v) is 7.35. The molecule has 10 heteroatoms. The van der Waals surface area contributed by atoms with Crippen molar-refractivity contribution in [3.63, 3.8) is 0 Å². The van der Waals surface area contributed by atoms with Crippen LogP contribution in [0.1, 0.15) is 16.1 Å². The van der Waals surface area contributed by atoms with Crippen molar-refractivity contribution in [1.29, 1.82) is 0 Å². The summed E-state index contributed by atoms with van der Waals surface area (Å²) >= 11 is 0. The lowest BCUT2D eigenvalue weighted by molar-refractivity contribution is -0.137. The monoisotopic (exact) mass is 440 g/mol. The summed E-state index contributed by atoms with van der Waals surface area (Å²) in [6, 6.07) is 8.36. The van der Waals surface area contributed by atoms with E-state index in [4.69, 9.17) is 0 Å². The second-order valence-electron chi connectivity index (χ2n) is 7.35. The number of carbonyl (C=O) groups is 1. The number of hydrogen-bond donors (Lipinski definition) is 0. The fourth-order valence-electron chi connectivity index (χ4n) is 3.17. The molecule has 32 heavy (non-hydrogen) atoms. The molecule has 0 atom stereocenters. The Labute approximate surface area is 181 Å². The zero-order chi connectivity index (χ0) is 23.0. The quantitative estimate of drug-likeness (QED) is 0.477. The molecule has 0 radical (unpaired) electrons. The van der Waals surface area contributed by atoms with Crippen LogP contribution in [0.25, 0.3) is 16.9 Å². The molecule has 0 fully saturated rings. The summed E-state index contributed by atoms with van der Waals surface area (Å²) in [5.74, 6) is 0.395. The predicted octanol–water partition coefficient (Wildman–Crippen LogP) is 4.15. The zero-order valence-corrected chi connectivity index (χ0v) is 17.5. The number of alkyl halides is 3. The Morgan fingerprint density at radius 1 is 0.906 bits per heavy atom. The first-order valence-electron chi connectivity index (χ1n) is 9.57. The maximum absolute atomic E-state index is 13.0. The minimum atomic E-state index is -4.41. The number of pyridine rings is 1. The van der Waals surface area contributed by atoms with Gasteiger partial charge < -0.3 is 9.80 Å². The molecular formula is C22H19F3N6O. The number of nitrogens with zero attached hydrogens (tertiary/aromatic N) is 6. The third-order valence-corrected chi connectivity index (χ3v) is 5.01. The van der Waals surface area contributed by atoms with E-state index in [2.05, 4.69) is 15.0 Å². The molecule has 1 amide bonds. The Bertz CT molecular complexity index is 1260. The van der Waals surface area contributed by atoms with Gasteiger partial charge in [0.2, 0.25) is 0 Å². The number of imidazole rings is 1. The number of fused-ring (bicyclic) bond motifs is 1. The lowest BCUT2D eigenvalue weighted by Crippen LogP contribution is -2.27. The van der Waals surface area contributed by atoms with Gasteiger partial charge in [0.25, 0.3) is 5.91 Å². The van der Waals surface area contributed by atoms with E-state index in [0.29, 0.717) is 22.6 Å². The summed E-state index contributed by atoms with van der Waals surface area (Å²) < 4.78 is 40.2. The van der Waals surface area contributed by atoms with Crippen LogP contribution >= 0.6 is 0 Å². The molecule has 0 spiro atoms. The summed E-state index contributed by atoms with van der Waals surface area (Å²) in [6.45, 7) is 0. The highest BCUT2D eigenvalue weighted by atomic mass is 19.4. The van der Waals surface area contributed by atoms with Crippen LogP contribution in [0.4, 0.5) is 24.7 Å². The van der Waals surface area contributed by atoms with E-state index in [9.17, 15) is 18.0 Å². The Morgan fingerprint density at radius 3 is 2.22 bits per heavy atom. The third-order valence-electron chi connectivity index (χ3n) is 5.01. The standard InChI is InChI=1S/C22H19F3N6O/c1-29(2)19-9-8-16(10-27-19)30(3)21(32)17-13-31-18(11-28-20(31)12-26-17)14-4-6-15(7-5-14)22(23,24)25/h4-13H,1-3H3. The van der Waals surface area contributed by atoms with Gasteiger partial charge in [-0.25, -0.2) is 15.0 Å². The van der Waals surface area contributed by atoms with E-state index in [-0.39, 0.29) is 11.6 Å². The van der Waals surface area contributed by atoms with Crippen molar-refractivity contribution in [2.24, 2.45) is 0 Å². The Morgan fingerprint density at radius 2 is 1.62 bits per heavy atom. The number of anilines is 2. The van der Waals surface area contributed by atoms with Crippen LogP contribution in [0.3, 0.4) is 0 Å². The van der Waals surface area contributed by atoms with Gasteiger partial charge in [-0.3, -0.25) is 9.20 Å². The molecule has 7 nitrogen and oxygen atoms in total. The van der Waals surface area contributed by atoms with E-state index < -0.39 is 11.7 Å². The second kappa shape index (κ2) is 7.95. The van der Waals surface area contributed by atoms with Crippen molar-refractivity contribution >= 4 is 23.1 Å². The van der Waals surface area contributed by atoms with Gasteiger partial charge in [0.05, 0.1) is 35.5 Å². The third kappa shape index (κ3) is 3.98. The number of aromatic nitrogens is 4. The first kappa shape index (κ1) is 21.3. The topological polar surface area (TPSA) is 66.6 Å². The average molecular weight is 440 g/mol. The largest absolute Gasteiger partial charge is 0.416 e. The Hall–Kier alpha value is -3.95. The van der Waals surface area contributed by atoms with Crippen molar-refractivity contribution in [1.82, 2.24) is 19.4 Å². The molecule has 0 saturated heterocycles. The predicted molar refractivity (Wildman–Crippen MR) is 115 cm³/mol. The van der Waals surface area contributed by atoms with Gasteiger partial charge >= 0.3 is 6.18 Å². The molecule has 1 aromatic carbocycles. The molecule has 0 unspecified atom stereocenters. The number of hydrogen-bond acceptors (Lipinski definition) is 5. The van der Waals surface area contributed by atoms with E-state index in [1.165, 1.54) is 35.6 Å². The normalized spacial score (nSPS) is 11.6. The average Bonchev–Trinajstić information content (AvgIpc) is 3.21. The van der Waals surface area contributed by atoms with Crippen molar-refractivity contribution in [2.75, 3.05) is 30.9 Å². The minimum Gasteiger partial charge on any atom is -0.363 e. The van der Waals surface area contributed by atoms with E-state index in [1.54, 1.807) is 29.8 Å². The summed E-state index contributed by atoms with van der Waals surface area (Å²) in [6.07, 6.45) is 1.68. The Balaban J connectivity index is 1.65. The molecule has 0 aliphatic heterocycles. The molecule has 4 aromatic rings. The minimum absolute atomic E-state index is 0.155. The van der Waals surface area contributed by atoms with Crippen molar-refractivity contribution in [3.8, 4) is 11.3 Å². The van der Waals surface area contributed by atoms with Crippen molar-refractivity contribution in [2.45, 2.75) is 6.18 Å². The van der Waals surface area contributed by atoms with E-state index in [1.807, 2.05) is 19.0 Å². The lowest BCUT2D eigenvalue weighted by Gasteiger charge is -2.18. The van der Waals surface area contributed by atoms with Crippen LogP contribution in [0, 0.1) is 0 Å². The van der Waals surface area contributed by atoms with Gasteiger partial charge in [-0.05, 0) is 24.3 Å². The van der Waals surface area contributed by atoms with Gasteiger partial charge in [0.1, 0.15) is 11.5 Å². The first-order chi connectivity index (χ1) is 15.1. The van der Waals surface area contributed by atoms with Gasteiger partial charge in [0, 0.05) is 32.9 Å². The fourth-order valence-corrected chi connectivity index (χ4v) is 3.17. The van der Waals surface area contributed by atoms with Gasteiger partial charge in [-0.2, -0.15) is 13.2 Å². The maximum atomic E-state index is 13.0. The number of amides is 1. The van der Waals surface area contributed by atoms with Crippen LogP contribution in [-0.4, -0.2) is 46.4 Å². The fraction of sp³-hybridized carbons (Fsp3) is 0.182. The van der Waals surface area contributed by atoms with Gasteiger partial charge in [0.15, 0.2) is 5.65 Å². The summed E-state index contributed by atoms with van der Waals surface area (Å²) in [5, 5.41) is 0. The van der Waals surface area contributed by atoms with Crippen LogP contribution in [0.5, 0.6) is 0 Å².